The number of nitrogens with one attached hydrogen (secondary N) is 1. The van der Waals surface area contributed by atoms with Gasteiger partial charge in [-0.2, -0.15) is 5.10 Å². The van der Waals surface area contributed by atoms with Crippen LogP contribution in [0.2, 0.25) is 5.02 Å². The van der Waals surface area contributed by atoms with Gasteiger partial charge in [0.15, 0.2) is 0 Å². The van der Waals surface area contributed by atoms with Gasteiger partial charge in [-0.15, -0.1) is 0 Å². The molecule has 6 nitrogen and oxygen atoms in total. The molecule has 0 bridgehead atoms. The largest absolute Gasteiger partial charge is 0.382 e. The van der Waals surface area contributed by atoms with E-state index in [4.69, 9.17) is 11.6 Å². The molecule has 0 aromatic carbocycles. The summed E-state index contributed by atoms with van der Waals surface area (Å²) in [6, 6.07) is -0.0469. The lowest BCUT2D eigenvalue weighted by atomic mass is 10.3. The highest BCUT2D eigenvalue weighted by molar-refractivity contribution is 6.32. The van der Waals surface area contributed by atoms with E-state index in [0.29, 0.717) is 18.7 Å². The first-order chi connectivity index (χ1) is 8.84. The number of hydrogen-bond acceptors (Lipinski definition) is 4. The van der Waals surface area contributed by atoms with E-state index in [0.717, 1.165) is 0 Å². The third-order valence-electron chi connectivity index (χ3n) is 2.59. The first-order valence-corrected chi connectivity index (χ1v) is 6.43. The number of hydrogen-bond donors (Lipinski definition) is 1. The van der Waals surface area contributed by atoms with E-state index >= 15 is 0 Å². The Morgan fingerprint density at radius 1 is 1.53 bits per heavy atom. The van der Waals surface area contributed by atoms with Gasteiger partial charge in [-0.1, -0.05) is 11.6 Å². The highest BCUT2D eigenvalue weighted by Gasteiger charge is 2.11. The molecular weight excluding hydrogens is 268 g/mol. The summed E-state index contributed by atoms with van der Waals surface area (Å²) < 4.78 is 1.32. The number of halogens is 1. The van der Waals surface area contributed by atoms with Crippen molar-refractivity contribution >= 4 is 23.2 Å². The van der Waals surface area contributed by atoms with Gasteiger partial charge in [0.1, 0.15) is 5.02 Å². The van der Waals surface area contributed by atoms with E-state index < -0.39 is 0 Å². The van der Waals surface area contributed by atoms with Crippen molar-refractivity contribution < 1.29 is 4.79 Å². The summed E-state index contributed by atoms with van der Waals surface area (Å²) in [5.74, 6) is 0.00658. The Balaban J connectivity index is 2.73. The van der Waals surface area contributed by atoms with Crippen LogP contribution in [0, 0.1) is 0 Å². The quantitative estimate of drug-likeness (QED) is 0.888. The predicted molar refractivity (Wildman–Crippen MR) is 75.7 cm³/mol. The maximum atomic E-state index is 11.9. The van der Waals surface area contributed by atoms with E-state index in [-0.39, 0.29) is 22.5 Å². The van der Waals surface area contributed by atoms with Crippen molar-refractivity contribution in [2.24, 2.45) is 0 Å². The van der Waals surface area contributed by atoms with Crippen LogP contribution in [0.4, 0.5) is 5.69 Å². The second-order valence-corrected chi connectivity index (χ2v) is 5.06. The Labute approximate surface area is 117 Å². The summed E-state index contributed by atoms with van der Waals surface area (Å²) >= 11 is 5.99. The predicted octanol–water partition coefficient (Wildman–Crippen LogP) is 1.37. The number of aromatic nitrogens is 2. The van der Waals surface area contributed by atoms with Crippen molar-refractivity contribution in [1.29, 1.82) is 0 Å². The molecule has 1 rings (SSSR count). The van der Waals surface area contributed by atoms with Gasteiger partial charge >= 0.3 is 0 Å². The van der Waals surface area contributed by atoms with Crippen LogP contribution >= 0.6 is 11.6 Å². The fraction of sp³-hybridized carbons (Fsp3) is 0.583. The molecule has 0 unspecified atom stereocenters. The molecule has 0 aliphatic rings. The molecule has 1 aromatic heterocycles. The summed E-state index contributed by atoms with van der Waals surface area (Å²) in [7, 11) is 3.39. The second-order valence-electron chi connectivity index (χ2n) is 4.68. The van der Waals surface area contributed by atoms with Gasteiger partial charge in [0.25, 0.3) is 5.56 Å². The minimum atomic E-state index is -0.333. The summed E-state index contributed by atoms with van der Waals surface area (Å²) in [5.41, 5.74) is 0.121. The number of rotatable bonds is 5. The lowest BCUT2D eigenvalue weighted by molar-refractivity contribution is -0.128. The molecule has 0 aliphatic carbocycles. The minimum Gasteiger partial charge on any atom is -0.382 e. The Morgan fingerprint density at radius 2 is 2.16 bits per heavy atom. The molecule has 0 spiro atoms. The SMILES string of the molecule is CC(C)n1ncc(NCCC(=O)N(C)C)c(Cl)c1=O. The second kappa shape index (κ2) is 6.56. The van der Waals surface area contributed by atoms with Crippen molar-refractivity contribution in [3.63, 3.8) is 0 Å². The molecule has 106 valence electrons. The number of carbonyl (C=O) groups is 1. The van der Waals surface area contributed by atoms with Crippen LogP contribution in [0.5, 0.6) is 0 Å². The third kappa shape index (κ3) is 3.96. The van der Waals surface area contributed by atoms with Gasteiger partial charge in [0, 0.05) is 27.1 Å². The fourth-order valence-corrected chi connectivity index (χ4v) is 1.67. The fourth-order valence-electron chi connectivity index (χ4n) is 1.46. The molecule has 19 heavy (non-hydrogen) atoms. The van der Waals surface area contributed by atoms with Gasteiger partial charge in [-0.3, -0.25) is 9.59 Å². The van der Waals surface area contributed by atoms with Crippen LogP contribution in [0.3, 0.4) is 0 Å². The van der Waals surface area contributed by atoms with Crippen LogP contribution < -0.4 is 10.9 Å². The Bertz CT molecular complexity index is 511. The standard InChI is InChI=1S/C12H19ClN4O2/c1-8(2)17-12(19)11(13)9(7-15-17)14-6-5-10(18)16(3)4/h7-8,14H,5-6H2,1-4H3. The first kappa shape index (κ1) is 15.5. The topological polar surface area (TPSA) is 67.2 Å². The lowest BCUT2D eigenvalue weighted by Gasteiger charge is -2.13. The van der Waals surface area contributed by atoms with E-state index in [1.54, 1.807) is 14.1 Å². The van der Waals surface area contributed by atoms with Gasteiger partial charge in [-0.05, 0) is 13.8 Å². The van der Waals surface area contributed by atoms with E-state index in [1.807, 2.05) is 13.8 Å². The zero-order valence-electron chi connectivity index (χ0n) is 11.6. The molecule has 1 amide bonds. The lowest BCUT2D eigenvalue weighted by Crippen LogP contribution is -2.27. The summed E-state index contributed by atoms with van der Waals surface area (Å²) in [5, 5.41) is 7.08. The monoisotopic (exact) mass is 286 g/mol. The van der Waals surface area contributed by atoms with Crippen molar-refractivity contribution in [2.45, 2.75) is 26.3 Å². The van der Waals surface area contributed by atoms with Gasteiger partial charge in [0.2, 0.25) is 5.91 Å². The van der Waals surface area contributed by atoms with Crippen molar-refractivity contribution in [2.75, 3.05) is 26.0 Å². The van der Waals surface area contributed by atoms with Crippen molar-refractivity contribution in [3.8, 4) is 0 Å². The van der Waals surface area contributed by atoms with Crippen LogP contribution in [0.15, 0.2) is 11.0 Å². The number of carbonyl (C=O) groups excluding carboxylic acids is 1. The molecule has 0 saturated carbocycles. The molecule has 7 heteroatoms. The van der Waals surface area contributed by atoms with Crippen molar-refractivity contribution in [3.05, 3.63) is 21.6 Å². The van der Waals surface area contributed by atoms with Gasteiger partial charge < -0.3 is 10.2 Å². The molecule has 0 saturated heterocycles. The molecule has 0 fully saturated rings. The Morgan fingerprint density at radius 3 is 2.68 bits per heavy atom. The maximum absolute atomic E-state index is 11.9. The van der Waals surface area contributed by atoms with Crippen LogP contribution in [0.1, 0.15) is 26.3 Å². The molecule has 0 aliphatic heterocycles. The van der Waals surface area contributed by atoms with Crippen LogP contribution in [0.25, 0.3) is 0 Å². The highest BCUT2D eigenvalue weighted by atomic mass is 35.5. The van der Waals surface area contributed by atoms with E-state index in [9.17, 15) is 9.59 Å². The van der Waals surface area contributed by atoms with Crippen LogP contribution in [-0.4, -0.2) is 41.2 Å². The smallest absolute Gasteiger partial charge is 0.287 e. The van der Waals surface area contributed by atoms with Gasteiger partial charge in [-0.25, -0.2) is 4.68 Å². The molecule has 1 aromatic rings. The normalized spacial score (nSPS) is 10.6. The third-order valence-corrected chi connectivity index (χ3v) is 2.95. The Hall–Kier alpha value is -1.56. The molecule has 1 N–H and O–H groups in total. The first-order valence-electron chi connectivity index (χ1n) is 6.06. The Kier molecular flexibility index (Phi) is 5.35. The molecule has 0 radical (unpaired) electrons. The molecule has 1 heterocycles. The zero-order chi connectivity index (χ0) is 14.6. The average Bonchev–Trinajstić information content (AvgIpc) is 2.33. The van der Waals surface area contributed by atoms with E-state index in [1.165, 1.54) is 15.8 Å². The number of anilines is 1. The summed E-state index contributed by atoms with van der Waals surface area (Å²) in [6.07, 6.45) is 1.83. The molecular formula is C12H19ClN4O2. The van der Waals surface area contributed by atoms with E-state index in [2.05, 4.69) is 10.4 Å². The number of amides is 1. The summed E-state index contributed by atoms with van der Waals surface area (Å²) in [4.78, 5) is 24.8. The minimum absolute atomic E-state index is 0.00658. The summed E-state index contributed by atoms with van der Waals surface area (Å²) in [6.45, 7) is 4.12. The highest BCUT2D eigenvalue weighted by Crippen LogP contribution is 2.16. The molecule has 0 atom stereocenters. The maximum Gasteiger partial charge on any atom is 0.287 e. The van der Waals surface area contributed by atoms with Crippen LogP contribution in [-0.2, 0) is 4.79 Å². The van der Waals surface area contributed by atoms with Crippen molar-refractivity contribution in [1.82, 2.24) is 14.7 Å². The average molecular weight is 287 g/mol. The zero-order valence-corrected chi connectivity index (χ0v) is 12.4. The van der Waals surface area contributed by atoms with Gasteiger partial charge in [0.05, 0.1) is 17.9 Å². The number of nitrogens with zero attached hydrogens (tertiary/aromatic N) is 3.